The highest BCUT2D eigenvalue weighted by molar-refractivity contribution is 5.94. The zero-order chi connectivity index (χ0) is 13.7. The van der Waals surface area contributed by atoms with E-state index in [1.54, 1.807) is 12.1 Å². The first-order chi connectivity index (χ1) is 9.19. The van der Waals surface area contributed by atoms with E-state index in [4.69, 9.17) is 4.52 Å². The number of hydrogen-bond acceptors (Lipinski definition) is 4. The Morgan fingerprint density at radius 2 is 2.05 bits per heavy atom. The van der Waals surface area contributed by atoms with Crippen molar-refractivity contribution in [3.05, 3.63) is 47.1 Å². The molecule has 0 aliphatic heterocycles. The lowest BCUT2D eigenvalue weighted by atomic mass is 10.1. The number of hydrogen-bond donors (Lipinski definition) is 1. The van der Waals surface area contributed by atoms with Gasteiger partial charge in [0, 0.05) is 12.0 Å². The first-order valence-corrected chi connectivity index (χ1v) is 6.35. The molecule has 1 aromatic carbocycles. The largest absolute Gasteiger partial charge is 0.345 e. The highest BCUT2D eigenvalue weighted by atomic mass is 16.5. The molecule has 0 aliphatic rings. The summed E-state index contributed by atoms with van der Waals surface area (Å²) in [4.78, 5) is 16.1. The number of nitrogens with one attached hydrogen (secondary N) is 1. The van der Waals surface area contributed by atoms with Crippen molar-refractivity contribution in [2.24, 2.45) is 0 Å². The molecule has 1 N–H and O–H groups in total. The summed E-state index contributed by atoms with van der Waals surface area (Å²) in [5, 5.41) is 6.58. The second-order valence-electron chi connectivity index (χ2n) is 4.40. The smallest absolute Gasteiger partial charge is 0.251 e. The Morgan fingerprint density at radius 1 is 1.32 bits per heavy atom. The summed E-state index contributed by atoms with van der Waals surface area (Å²) < 4.78 is 5.05. The predicted molar refractivity (Wildman–Crippen MR) is 70.6 cm³/mol. The van der Waals surface area contributed by atoms with E-state index in [2.05, 4.69) is 15.5 Å². The number of rotatable bonds is 5. The normalized spacial score (nSPS) is 10.4. The van der Waals surface area contributed by atoms with Gasteiger partial charge in [-0.05, 0) is 25.5 Å². The van der Waals surface area contributed by atoms with Crippen LogP contribution in [0.25, 0.3) is 0 Å². The van der Waals surface area contributed by atoms with Crippen LogP contribution >= 0.6 is 0 Å². The van der Waals surface area contributed by atoms with Crippen LogP contribution in [0, 0.1) is 6.92 Å². The van der Waals surface area contributed by atoms with Crippen molar-refractivity contribution < 1.29 is 9.32 Å². The van der Waals surface area contributed by atoms with Crippen LogP contribution in [0.1, 0.15) is 41.0 Å². The van der Waals surface area contributed by atoms with Gasteiger partial charge < -0.3 is 9.84 Å². The van der Waals surface area contributed by atoms with Crippen LogP contribution < -0.4 is 5.32 Å². The number of carbonyl (C=O) groups is 1. The first kappa shape index (κ1) is 13.3. The number of aromatic nitrogens is 2. The molecular formula is C14H17N3O2. The number of amides is 1. The average molecular weight is 259 g/mol. The fourth-order valence-electron chi connectivity index (χ4n) is 1.64. The maximum absolute atomic E-state index is 11.9. The molecule has 100 valence electrons. The van der Waals surface area contributed by atoms with E-state index in [1.807, 2.05) is 26.0 Å². The SMILES string of the molecule is CCCc1nc(CNC(=O)c2ccc(C)cc2)no1. The van der Waals surface area contributed by atoms with Gasteiger partial charge in [0.05, 0.1) is 6.54 Å². The maximum Gasteiger partial charge on any atom is 0.251 e. The summed E-state index contributed by atoms with van der Waals surface area (Å²) in [6.07, 6.45) is 1.72. The summed E-state index contributed by atoms with van der Waals surface area (Å²) >= 11 is 0. The molecule has 0 atom stereocenters. The van der Waals surface area contributed by atoms with E-state index >= 15 is 0 Å². The molecule has 2 aromatic rings. The molecule has 0 spiro atoms. The molecular weight excluding hydrogens is 242 g/mol. The fourth-order valence-corrected chi connectivity index (χ4v) is 1.64. The van der Waals surface area contributed by atoms with Crippen molar-refractivity contribution in [2.75, 3.05) is 0 Å². The van der Waals surface area contributed by atoms with Crippen molar-refractivity contribution in [1.82, 2.24) is 15.5 Å². The number of benzene rings is 1. The fraction of sp³-hybridized carbons (Fsp3) is 0.357. The van der Waals surface area contributed by atoms with Gasteiger partial charge in [0.2, 0.25) is 5.89 Å². The summed E-state index contributed by atoms with van der Waals surface area (Å²) in [6, 6.07) is 7.40. The van der Waals surface area contributed by atoms with Crippen molar-refractivity contribution in [3.8, 4) is 0 Å². The third-order valence-corrected chi connectivity index (χ3v) is 2.69. The molecule has 0 saturated carbocycles. The maximum atomic E-state index is 11.9. The standard InChI is InChI=1S/C14H17N3O2/c1-3-4-13-16-12(17-19-13)9-15-14(18)11-7-5-10(2)6-8-11/h5-8H,3-4,9H2,1-2H3,(H,15,18). The van der Waals surface area contributed by atoms with E-state index in [0.29, 0.717) is 17.3 Å². The molecule has 19 heavy (non-hydrogen) atoms. The van der Waals surface area contributed by atoms with Crippen molar-refractivity contribution in [2.45, 2.75) is 33.2 Å². The molecule has 5 nitrogen and oxygen atoms in total. The third-order valence-electron chi connectivity index (χ3n) is 2.69. The molecule has 0 aliphatic carbocycles. The minimum atomic E-state index is -0.137. The molecule has 2 rings (SSSR count). The highest BCUT2D eigenvalue weighted by Gasteiger charge is 2.08. The second kappa shape index (κ2) is 6.13. The Balaban J connectivity index is 1.90. The highest BCUT2D eigenvalue weighted by Crippen LogP contribution is 2.04. The van der Waals surface area contributed by atoms with Crippen LogP contribution in [0.2, 0.25) is 0 Å². The molecule has 0 radical (unpaired) electrons. The van der Waals surface area contributed by atoms with Crippen LogP contribution in [0.5, 0.6) is 0 Å². The quantitative estimate of drug-likeness (QED) is 0.894. The van der Waals surface area contributed by atoms with Gasteiger partial charge in [0.1, 0.15) is 0 Å². The third kappa shape index (κ3) is 3.64. The zero-order valence-electron chi connectivity index (χ0n) is 11.1. The van der Waals surface area contributed by atoms with E-state index in [0.717, 1.165) is 18.4 Å². The minimum absolute atomic E-state index is 0.137. The topological polar surface area (TPSA) is 68.0 Å². The molecule has 0 saturated heterocycles. The minimum Gasteiger partial charge on any atom is -0.345 e. The molecule has 0 fully saturated rings. The second-order valence-corrected chi connectivity index (χ2v) is 4.40. The van der Waals surface area contributed by atoms with E-state index < -0.39 is 0 Å². The Kier molecular flexibility index (Phi) is 4.28. The van der Waals surface area contributed by atoms with Crippen LogP contribution in [0.3, 0.4) is 0 Å². The molecule has 0 bridgehead atoms. The summed E-state index contributed by atoms with van der Waals surface area (Å²) in [5.41, 5.74) is 1.75. The lowest BCUT2D eigenvalue weighted by Crippen LogP contribution is -2.23. The lowest BCUT2D eigenvalue weighted by molar-refractivity contribution is 0.0949. The lowest BCUT2D eigenvalue weighted by Gasteiger charge is -2.02. The Hall–Kier alpha value is -2.17. The van der Waals surface area contributed by atoms with E-state index in [9.17, 15) is 4.79 Å². The van der Waals surface area contributed by atoms with Crippen LogP contribution in [-0.4, -0.2) is 16.0 Å². The molecule has 1 heterocycles. The Morgan fingerprint density at radius 3 is 2.74 bits per heavy atom. The monoisotopic (exact) mass is 259 g/mol. The Bertz CT molecular complexity index is 546. The number of nitrogens with zero attached hydrogens (tertiary/aromatic N) is 2. The van der Waals surface area contributed by atoms with Gasteiger partial charge in [0.25, 0.3) is 5.91 Å². The van der Waals surface area contributed by atoms with Gasteiger partial charge in [-0.3, -0.25) is 4.79 Å². The van der Waals surface area contributed by atoms with Gasteiger partial charge in [0.15, 0.2) is 5.82 Å². The van der Waals surface area contributed by atoms with Crippen molar-refractivity contribution in [3.63, 3.8) is 0 Å². The van der Waals surface area contributed by atoms with Crippen molar-refractivity contribution >= 4 is 5.91 Å². The summed E-state index contributed by atoms with van der Waals surface area (Å²) in [6.45, 7) is 4.30. The van der Waals surface area contributed by atoms with Crippen LogP contribution in [-0.2, 0) is 13.0 Å². The van der Waals surface area contributed by atoms with Gasteiger partial charge in [-0.1, -0.05) is 29.8 Å². The van der Waals surface area contributed by atoms with Crippen molar-refractivity contribution in [1.29, 1.82) is 0 Å². The Labute approximate surface area is 112 Å². The average Bonchev–Trinajstić information content (AvgIpc) is 2.85. The van der Waals surface area contributed by atoms with Crippen LogP contribution in [0.4, 0.5) is 0 Å². The van der Waals surface area contributed by atoms with Gasteiger partial charge in [-0.15, -0.1) is 0 Å². The number of aryl methyl sites for hydroxylation is 2. The molecule has 1 amide bonds. The first-order valence-electron chi connectivity index (χ1n) is 6.35. The number of carbonyl (C=O) groups excluding carboxylic acids is 1. The van der Waals surface area contributed by atoms with Gasteiger partial charge in [-0.2, -0.15) is 4.98 Å². The molecule has 5 heteroatoms. The summed E-state index contributed by atoms with van der Waals surface area (Å²) in [5.74, 6) is 0.979. The van der Waals surface area contributed by atoms with Gasteiger partial charge in [-0.25, -0.2) is 0 Å². The van der Waals surface area contributed by atoms with Gasteiger partial charge >= 0.3 is 0 Å². The predicted octanol–water partition coefficient (Wildman–Crippen LogP) is 2.26. The van der Waals surface area contributed by atoms with E-state index in [-0.39, 0.29) is 12.5 Å². The summed E-state index contributed by atoms with van der Waals surface area (Å²) in [7, 11) is 0. The van der Waals surface area contributed by atoms with E-state index in [1.165, 1.54) is 0 Å². The zero-order valence-corrected chi connectivity index (χ0v) is 11.1. The van der Waals surface area contributed by atoms with Crippen LogP contribution in [0.15, 0.2) is 28.8 Å². The molecule has 0 unspecified atom stereocenters. The molecule has 1 aromatic heterocycles.